The van der Waals surface area contributed by atoms with Gasteiger partial charge < -0.3 is 9.47 Å². The maximum atomic E-state index is 10.8. The van der Waals surface area contributed by atoms with Crippen molar-refractivity contribution in [1.29, 1.82) is 0 Å². The Morgan fingerprint density at radius 2 is 1.85 bits per heavy atom. The second kappa shape index (κ2) is 6.38. The zero-order valence-electron chi connectivity index (χ0n) is 7.61. The fourth-order valence-corrected chi connectivity index (χ4v) is 0.546. The lowest BCUT2D eigenvalue weighted by atomic mass is 10.5. The lowest BCUT2D eigenvalue weighted by Crippen LogP contribution is -2.22. The Hall–Kier alpha value is -1.14. The van der Waals surface area contributed by atoms with Gasteiger partial charge in [-0.05, 0) is 13.8 Å². The van der Waals surface area contributed by atoms with E-state index in [1.807, 2.05) is 0 Å². The summed E-state index contributed by atoms with van der Waals surface area (Å²) in [5.41, 5.74) is 0. The highest BCUT2D eigenvalue weighted by molar-refractivity contribution is 5.76. The molecular formula is C7H13NO5. The lowest BCUT2D eigenvalue weighted by molar-refractivity contribution is -0.163. The third kappa shape index (κ3) is 7.23. The average Bonchev–Trinajstić information content (AvgIpc) is 2.00. The summed E-state index contributed by atoms with van der Waals surface area (Å²) >= 11 is 0. The topological polar surface area (TPSA) is 87.8 Å². The summed E-state index contributed by atoms with van der Waals surface area (Å²) < 4.78 is 9.12. The maximum absolute atomic E-state index is 10.8. The van der Waals surface area contributed by atoms with Gasteiger partial charge in [-0.2, -0.15) is 0 Å². The van der Waals surface area contributed by atoms with Crippen LogP contribution in [0, 0.1) is 0 Å². The van der Waals surface area contributed by atoms with E-state index in [1.54, 1.807) is 13.8 Å². The van der Waals surface area contributed by atoms with Crippen LogP contribution in [0.2, 0.25) is 0 Å². The largest absolute Gasteiger partial charge is 0.460 e. The molecule has 0 radical (unpaired) electrons. The van der Waals surface area contributed by atoms with Crippen LogP contribution < -0.4 is 5.90 Å². The van der Waals surface area contributed by atoms with Crippen molar-refractivity contribution in [2.45, 2.75) is 20.0 Å². The van der Waals surface area contributed by atoms with Gasteiger partial charge in [-0.1, -0.05) is 0 Å². The molecule has 0 bridgehead atoms. The Morgan fingerprint density at radius 1 is 1.23 bits per heavy atom. The molecule has 6 heteroatoms. The standard InChI is InChI=1S/C7H13NO5/c1-5(2)13-7(10)3-11-6(9)4-12-8/h5H,3-4,8H2,1-2H3. The number of hydrogen-bond acceptors (Lipinski definition) is 6. The highest BCUT2D eigenvalue weighted by Crippen LogP contribution is 1.90. The van der Waals surface area contributed by atoms with Crippen molar-refractivity contribution in [3.05, 3.63) is 0 Å². The monoisotopic (exact) mass is 191 g/mol. The third-order valence-electron chi connectivity index (χ3n) is 0.919. The van der Waals surface area contributed by atoms with Crippen molar-refractivity contribution in [3.8, 4) is 0 Å². The number of rotatable bonds is 5. The summed E-state index contributed by atoms with van der Waals surface area (Å²) in [7, 11) is 0. The second-order valence-electron chi connectivity index (χ2n) is 2.51. The van der Waals surface area contributed by atoms with Crippen LogP contribution >= 0.6 is 0 Å². The number of hydrogen-bond donors (Lipinski definition) is 1. The van der Waals surface area contributed by atoms with E-state index >= 15 is 0 Å². The predicted molar refractivity (Wildman–Crippen MR) is 42.3 cm³/mol. The van der Waals surface area contributed by atoms with E-state index in [9.17, 15) is 9.59 Å². The first-order valence-corrected chi connectivity index (χ1v) is 3.73. The fraction of sp³-hybridized carbons (Fsp3) is 0.714. The number of nitrogens with two attached hydrogens (primary N) is 1. The molecular weight excluding hydrogens is 178 g/mol. The number of ether oxygens (including phenoxy) is 2. The first-order valence-electron chi connectivity index (χ1n) is 3.73. The summed E-state index contributed by atoms with van der Waals surface area (Å²) in [6.07, 6.45) is -0.225. The van der Waals surface area contributed by atoms with E-state index in [4.69, 9.17) is 4.74 Å². The molecule has 0 aromatic carbocycles. The summed E-state index contributed by atoms with van der Waals surface area (Å²) in [4.78, 5) is 25.4. The molecule has 0 aromatic heterocycles. The van der Waals surface area contributed by atoms with Gasteiger partial charge in [0.05, 0.1) is 6.10 Å². The molecule has 0 spiro atoms. The molecule has 0 fully saturated rings. The Morgan fingerprint density at radius 3 is 2.31 bits per heavy atom. The molecule has 0 unspecified atom stereocenters. The van der Waals surface area contributed by atoms with Crippen molar-refractivity contribution in [2.24, 2.45) is 5.90 Å². The van der Waals surface area contributed by atoms with Crippen LogP contribution in [0.5, 0.6) is 0 Å². The van der Waals surface area contributed by atoms with Crippen molar-refractivity contribution in [1.82, 2.24) is 0 Å². The minimum absolute atomic E-state index is 0.225. The quantitative estimate of drug-likeness (QED) is 0.460. The zero-order chi connectivity index (χ0) is 10.3. The van der Waals surface area contributed by atoms with Crippen LogP contribution in [0.1, 0.15) is 13.8 Å². The minimum atomic E-state index is -0.705. The molecule has 0 aliphatic carbocycles. The number of esters is 2. The van der Waals surface area contributed by atoms with E-state index in [2.05, 4.69) is 15.5 Å². The van der Waals surface area contributed by atoms with Gasteiger partial charge in [0, 0.05) is 0 Å². The van der Waals surface area contributed by atoms with Gasteiger partial charge in [-0.25, -0.2) is 15.5 Å². The van der Waals surface area contributed by atoms with Crippen molar-refractivity contribution >= 4 is 11.9 Å². The molecule has 76 valence electrons. The zero-order valence-corrected chi connectivity index (χ0v) is 7.61. The molecule has 0 heterocycles. The highest BCUT2D eigenvalue weighted by Gasteiger charge is 2.09. The van der Waals surface area contributed by atoms with Gasteiger partial charge in [0.25, 0.3) is 0 Å². The van der Waals surface area contributed by atoms with E-state index in [0.717, 1.165) is 0 Å². The molecule has 0 aliphatic heterocycles. The average molecular weight is 191 g/mol. The van der Waals surface area contributed by atoms with Crippen LogP contribution in [0.15, 0.2) is 0 Å². The SMILES string of the molecule is CC(C)OC(=O)COC(=O)CON. The molecule has 2 N–H and O–H groups in total. The second-order valence-corrected chi connectivity index (χ2v) is 2.51. The Kier molecular flexibility index (Phi) is 5.82. The Labute approximate surface area is 75.9 Å². The van der Waals surface area contributed by atoms with Crippen LogP contribution in [-0.2, 0) is 23.9 Å². The maximum Gasteiger partial charge on any atom is 0.344 e. The van der Waals surface area contributed by atoms with Crippen LogP contribution in [0.25, 0.3) is 0 Å². The molecule has 0 amide bonds. The summed E-state index contributed by atoms with van der Waals surface area (Å²) in [5, 5.41) is 0. The third-order valence-corrected chi connectivity index (χ3v) is 0.919. The van der Waals surface area contributed by atoms with Gasteiger partial charge in [0.15, 0.2) is 13.2 Å². The normalized spacial score (nSPS) is 9.85. The van der Waals surface area contributed by atoms with Crippen LogP contribution in [0.4, 0.5) is 0 Å². The predicted octanol–water partition coefficient (Wildman–Crippen LogP) is -0.628. The van der Waals surface area contributed by atoms with E-state index in [0.29, 0.717) is 0 Å². The van der Waals surface area contributed by atoms with E-state index in [-0.39, 0.29) is 12.7 Å². The summed E-state index contributed by atoms with van der Waals surface area (Å²) in [5.74, 6) is 3.30. The molecule has 0 rings (SSSR count). The lowest BCUT2D eigenvalue weighted by Gasteiger charge is -2.07. The minimum Gasteiger partial charge on any atom is -0.460 e. The van der Waals surface area contributed by atoms with Crippen LogP contribution in [-0.4, -0.2) is 31.3 Å². The first kappa shape index (κ1) is 11.9. The molecule has 0 saturated carbocycles. The summed E-state index contributed by atoms with van der Waals surface area (Å²) in [6, 6.07) is 0. The molecule has 0 saturated heterocycles. The van der Waals surface area contributed by atoms with Gasteiger partial charge >= 0.3 is 11.9 Å². The van der Waals surface area contributed by atoms with E-state index < -0.39 is 18.5 Å². The number of carbonyl (C=O) groups excluding carboxylic acids is 2. The summed E-state index contributed by atoms with van der Waals surface area (Å²) in [6.45, 7) is 2.60. The molecule has 13 heavy (non-hydrogen) atoms. The molecule has 6 nitrogen and oxygen atoms in total. The Bertz CT molecular complexity index is 180. The fourth-order valence-electron chi connectivity index (χ4n) is 0.546. The molecule has 0 aromatic rings. The molecule has 0 aliphatic rings. The van der Waals surface area contributed by atoms with Crippen molar-refractivity contribution in [3.63, 3.8) is 0 Å². The van der Waals surface area contributed by atoms with Crippen LogP contribution in [0.3, 0.4) is 0 Å². The smallest absolute Gasteiger partial charge is 0.344 e. The van der Waals surface area contributed by atoms with Gasteiger partial charge in [-0.15, -0.1) is 0 Å². The highest BCUT2D eigenvalue weighted by atomic mass is 16.6. The van der Waals surface area contributed by atoms with Crippen molar-refractivity contribution in [2.75, 3.05) is 13.2 Å². The van der Waals surface area contributed by atoms with E-state index in [1.165, 1.54) is 0 Å². The van der Waals surface area contributed by atoms with Gasteiger partial charge in [-0.3, -0.25) is 4.84 Å². The van der Waals surface area contributed by atoms with Gasteiger partial charge in [0.1, 0.15) is 0 Å². The van der Waals surface area contributed by atoms with Crippen molar-refractivity contribution < 1.29 is 23.9 Å². The first-order chi connectivity index (χ1) is 6.06. The molecule has 0 atom stereocenters. The number of carbonyl (C=O) groups is 2. The van der Waals surface area contributed by atoms with Gasteiger partial charge in [0.2, 0.25) is 0 Å². The Balaban J connectivity index is 3.52.